The molecule has 14 atom stereocenters. The smallest absolute Gasteiger partial charge is 0.328 e. The third-order valence-electron chi connectivity index (χ3n) is 15.6. The van der Waals surface area contributed by atoms with E-state index in [9.17, 15) is 42.6 Å². The van der Waals surface area contributed by atoms with Crippen LogP contribution in [0.5, 0.6) is 0 Å². The number of esters is 1. The highest BCUT2D eigenvalue weighted by Crippen LogP contribution is 2.38. The van der Waals surface area contributed by atoms with E-state index < -0.39 is 87.7 Å². The second kappa shape index (κ2) is 27.8. The summed E-state index contributed by atoms with van der Waals surface area (Å²) in [7, 11) is 0.572. The van der Waals surface area contributed by atoms with E-state index in [1.165, 1.54) is 46.8 Å². The zero-order chi connectivity index (χ0) is 52.8. The first kappa shape index (κ1) is 60.1. The first-order chi connectivity index (χ1) is 33.4. The van der Waals surface area contributed by atoms with E-state index in [2.05, 4.69) is 4.72 Å². The molecule has 0 radical (unpaired) electrons. The molecule has 2 bridgehead atoms. The summed E-state index contributed by atoms with van der Waals surface area (Å²) in [6, 6.07) is -2.13. The molecule has 71 heavy (non-hydrogen) atoms. The number of nitrogens with one attached hydrogen (secondary N) is 1. The molecule has 0 aromatic heterocycles. The predicted molar refractivity (Wildman–Crippen MR) is 270 cm³/mol. The van der Waals surface area contributed by atoms with Crippen LogP contribution in [-0.2, 0) is 57.7 Å². The van der Waals surface area contributed by atoms with Gasteiger partial charge in [0.15, 0.2) is 5.78 Å². The number of carbonyl (C=O) groups excluding carboxylic acids is 5. The lowest BCUT2D eigenvalue weighted by molar-refractivity contribution is -0.263. The van der Waals surface area contributed by atoms with Crippen molar-refractivity contribution in [2.45, 2.75) is 193 Å². The molecule has 3 fully saturated rings. The standard InChI is InChI=1S/C54H86N2O14S/c1-33-19-15-13-12-14-16-20-34(2)48(58)50(67-10)49(59)37(5)27-35(3)44(57)31-46(36(4)28-41-24-26-45(47(29-41)66-9)68-32-40-21-17-18-22-40)69-53(62)39(7)56(8)52(61)51(60)54(63)38(6)23-25-42(70-54)30-43(33)55-71(11,64)65/h12-15,19,27,34-36,38-43,45-47,49-50,55,59,63H,16-18,20-26,28-32H2,1-11H3/b14-12+,15-13+,33-19+,37-27+/t34?,35?,36-,38+,39?,41+,42-,43-,45-,46?,47-,49?,50?,54+/m1/s1. The Bertz CT molecular complexity index is 2050. The third kappa shape index (κ3) is 17.3. The number of allylic oxidation sites excluding steroid dienone is 6. The third-order valence-corrected chi connectivity index (χ3v) is 16.3. The highest BCUT2D eigenvalue weighted by molar-refractivity contribution is 7.88. The first-order valence-electron chi connectivity index (χ1n) is 25.9. The fourth-order valence-corrected chi connectivity index (χ4v) is 11.3. The van der Waals surface area contributed by atoms with Gasteiger partial charge in [-0.25, -0.2) is 17.9 Å². The van der Waals surface area contributed by atoms with E-state index in [1.54, 1.807) is 72.1 Å². The number of methoxy groups -OCH3 is 2. The van der Waals surface area contributed by atoms with Crippen molar-refractivity contribution in [1.82, 2.24) is 9.62 Å². The number of aliphatic hydroxyl groups is 2. The van der Waals surface area contributed by atoms with Crippen LogP contribution in [0, 0.1) is 35.5 Å². The van der Waals surface area contributed by atoms with Crippen molar-refractivity contribution in [2.24, 2.45) is 35.5 Å². The van der Waals surface area contributed by atoms with Crippen LogP contribution in [0.4, 0.5) is 0 Å². The van der Waals surface area contributed by atoms with Gasteiger partial charge in [-0.2, -0.15) is 0 Å². The number of hydrogen-bond acceptors (Lipinski definition) is 14. The molecule has 2 heterocycles. The summed E-state index contributed by atoms with van der Waals surface area (Å²) in [5.41, 5.74) is 0.984. The van der Waals surface area contributed by atoms with Crippen LogP contribution in [0.25, 0.3) is 0 Å². The van der Waals surface area contributed by atoms with E-state index in [0.29, 0.717) is 42.7 Å². The maximum atomic E-state index is 14.2. The van der Waals surface area contributed by atoms with E-state index in [4.69, 9.17) is 23.7 Å². The number of sulfonamides is 1. The number of ketones is 3. The number of rotatable bonds is 10. The molecule has 0 aromatic rings. The molecule has 4 rings (SSSR count). The van der Waals surface area contributed by atoms with Crippen LogP contribution in [0.1, 0.15) is 138 Å². The number of likely N-dealkylation sites (N-methyl/N-ethyl adjacent to an activating group) is 1. The van der Waals surface area contributed by atoms with Gasteiger partial charge in [-0.1, -0.05) is 82.6 Å². The number of cyclic esters (lactones) is 1. The number of Topliss-reactive ketones (excluding diaryl/α,β-unsaturated/α-hetero) is 3. The summed E-state index contributed by atoms with van der Waals surface area (Å²) in [4.78, 5) is 70.9. The Balaban J connectivity index is 1.65. The fraction of sp³-hybridized carbons (Fsp3) is 0.759. The number of nitrogens with zero attached hydrogens (tertiary/aromatic N) is 1. The predicted octanol–water partition coefficient (Wildman–Crippen LogP) is 6.52. The minimum atomic E-state index is -3.73. The molecule has 16 nitrogen and oxygen atoms in total. The Hall–Kier alpha value is -3.42. The number of hydrogen-bond donors (Lipinski definition) is 3. The van der Waals surface area contributed by atoms with Crippen LogP contribution in [0.3, 0.4) is 0 Å². The molecule has 4 aliphatic rings. The average Bonchev–Trinajstić information content (AvgIpc) is 3.86. The average molecular weight is 1020 g/mol. The molecule has 3 N–H and O–H groups in total. The van der Waals surface area contributed by atoms with Crippen LogP contribution in [0.15, 0.2) is 47.6 Å². The Kier molecular flexibility index (Phi) is 23.5. The van der Waals surface area contributed by atoms with Crippen molar-refractivity contribution in [3.63, 3.8) is 0 Å². The normalized spacial score (nSPS) is 37.6. The van der Waals surface area contributed by atoms with Crippen molar-refractivity contribution < 1.29 is 66.3 Å². The van der Waals surface area contributed by atoms with Gasteiger partial charge in [0.1, 0.15) is 30.1 Å². The molecule has 2 saturated carbocycles. The molecule has 17 heteroatoms. The second-order valence-corrected chi connectivity index (χ2v) is 23.0. The zero-order valence-electron chi connectivity index (χ0n) is 44.3. The second-order valence-electron chi connectivity index (χ2n) is 21.3. The van der Waals surface area contributed by atoms with Gasteiger partial charge in [0.25, 0.3) is 11.7 Å². The Labute approximate surface area is 423 Å². The van der Waals surface area contributed by atoms with Crippen molar-refractivity contribution in [1.29, 1.82) is 0 Å². The minimum absolute atomic E-state index is 0.0261. The molecule has 0 spiro atoms. The van der Waals surface area contributed by atoms with Crippen LogP contribution in [-0.4, -0.2) is 141 Å². The van der Waals surface area contributed by atoms with Gasteiger partial charge in [0.2, 0.25) is 15.8 Å². The number of carbonyl (C=O) groups is 5. The fourth-order valence-electron chi connectivity index (χ4n) is 10.5. The molecule has 2 aliphatic heterocycles. The molecule has 6 unspecified atom stereocenters. The van der Waals surface area contributed by atoms with Crippen molar-refractivity contribution in [3.05, 3.63) is 47.6 Å². The van der Waals surface area contributed by atoms with Gasteiger partial charge in [-0.15, -0.1) is 0 Å². The first-order valence-corrected chi connectivity index (χ1v) is 27.8. The van der Waals surface area contributed by atoms with Gasteiger partial charge >= 0.3 is 5.97 Å². The lowest BCUT2D eigenvalue weighted by Crippen LogP contribution is -2.59. The topological polar surface area (TPSA) is 221 Å². The maximum absolute atomic E-state index is 14.2. The summed E-state index contributed by atoms with van der Waals surface area (Å²) in [6.07, 6.45) is 16.3. The quantitative estimate of drug-likeness (QED) is 0.121. The minimum Gasteiger partial charge on any atom is -0.460 e. The Morgan fingerprint density at radius 2 is 1.56 bits per heavy atom. The number of aliphatic hydroxyl groups excluding tert-OH is 1. The Morgan fingerprint density at radius 1 is 0.873 bits per heavy atom. The van der Waals surface area contributed by atoms with Crippen LogP contribution >= 0.6 is 0 Å². The monoisotopic (exact) mass is 1020 g/mol. The summed E-state index contributed by atoms with van der Waals surface area (Å²) in [5, 5.41) is 23.3. The van der Waals surface area contributed by atoms with Gasteiger partial charge in [0, 0.05) is 58.1 Å². The largest absolute Gasteiger partial charge is 0.460 e. The van der Waals surface area contributed by atoms with Gasteiger partial charge in [-0.3, -0.25) is 19.2 Å². The van der Waals surface area contributed by atoms with Crippen LogP contribution < -0.4 is 4.72 Å². The summed E-state index contributed by atoms with van der Waals surface area (Å²) < 4.78 is 57.8. The number of ether oxygens (including phenoxy) is 5. The van der Waals surface area contributed by atoms with Gasteiger partial charge < -0.3 is 38.8 Å². The van der Waals surface area contributed by atoms with E-state index >= 15 is 0 Å². The van der Waals surface area contributed by atoms with Crippen LogP contribution in [0.2, 0.25) is 0 Å². The summed E-state index contributed by atoms with van der Waals surface area (Å²) >= 11 is 0. The lowest BCUT2D eigenvalue weighted by atomic mass is 9.78. The Morgan fingerprint density at radius 3 is 2.21 bits per heavy atom. The lowest BCUT2D eigenvalue weighted by Gasteiger charge is -2.42. The van der Waals surface area contributed by atoms with Gasteiger partial charge in [0.05, 0.1) is 24.6 Å². The molecule has 1 amide bonds. The highest BCUT2D eigenvalue weighted by atomic mass is 32.2. The van der Waals surface area contributed by atoms with Crippen molar-refractivity contribution >= 4 is 39.2 Å². The van der Waals surface area contributed by atoms with Gasteiger partial charge in [-0.05, 0) is 115 Å². The molecule has 1 saturated heterocycles. The van der Waals surface area contributed by atoms with E-state index in [-0.39, 0.29) is 54.9 Å². The maximum Gasteiger partial charge on any atom is 0.328 e. The molecule has 2 aliphatic carbocycles. The molecule has 0 aromatic carbocycles. The zero-order valence-corrected chi connectivity index (χ0v) is 45.1. The summed E-state index contributed by atoms with van der Waals surface area (Å²) in [5.74, 6) is -8.16. The van der Waals surface area contributed by atoms with Crippen molar-refractivity contribution in [2.75, 3.05) is 34.1 Å². The number of amides is 1. The number of fused-ring (bicyclic) bond motifs is 2. The van der Waals surface area contributed by atoms with Crippen molar-refractivity contribution in [3.8, 4) is 0 Å². The highest BCUT2D eigenvalue weighted by Gasteiger charge is 2.52. The molecular formula is C54H86N2O14S. The van der Waals surface area contributed by atoms with E-state index in [0.717, 1.165) is 37.0 Å². The SMILES string of the molecule is COC1C(=O)C(C)CC/C=C/C=C/C=C(\C)[C@H](NS(C)(=O)=O)C[C@H]2CC[C@H](C)[C@](O)(O2)C(=O)C(=O)N(C)C(C)C(=O)OC([C@H](C)C[C@@H]2CC[C@@H](OCC3CCCC3)[C@H](OC)C2)CC(=O)C(C)/C=C(\C)C1O. The molecular weight excluding hydrogens is 933 g/mol. The summed E-state index contributed by atoms with van der Waals surface area (Å²) in [6.45, 7) is 12.4. The van der Waals surface area contributed by atoms with E-state index in [1.807, 2.05) is 13.0 Å². The molecule has 402 valence electrons.